The summed E-state index contributed by atoms with van der Waals surface area (Å²) in [6, 6.07) is -0.726. The van der Waals surface area contributed by atoms with Gasteiger partial charge in [0.15, 0.2) is 0 Å². The zero-order valence-electron chi connectivity index (χ0n) is 11.0. The van der Waals surface area contributed by atoms with Crippen LogP contribution in [0.15, 0.2) is 0 Å². The summed E-state index contributed by atoms with van der Waals surface area (Å²) in [5, 5.41) is 4.02. The van der Waals surface area contributed by atoms with Crippen LogP contribution >= 0.6 is 12.4 Å². The Labute approximate surface area is 120 Å². The third-order valence-electron chi connectivity index (χ3n) is 2.84. The van der Waals surface area contributed by atoms with Gasteiger partial charge in [-0.2, -0.15) is 0 Å². The maximum absolute atomic E-state index is 12.8. The van der Waals surface area contributed by atoms with E-state index in [-0.39, 0.29) is 12.4 Å². The van der Waals surface area contributed by atoms with Crippen molar-refractivity contribution in [2.45, 2.75) is 25.3 Å². The van der Waals surface area contributed by atoms with Crippen molar-refractivity contribution in [1.29, 1.82) is 0 Å². The van der Waals surface area contributed by atoms with Crippen LogP contribution in [-0.4, -0.2) is 53.8 Å². The Balaban J connectivity index is 0.00000361. The molecule has 7 nitrogen and oxygen atoms in total. The first-order chi connectivity index (χ1) is 8.60. The van der Waals surface area contributed by atoms with Gasteiger partial charge >= 0.3 is 6.03 Å². The summed E-state index contributed by atoms with van der Waals surface area (Å²) in [7, 11) is 0. The van der Waals surface area contributed by atoms with E-state index in [4.69, 9.17) is 5.73 Å². The second-order valence-corrected chi connectivity index (χ2v) is 4.74. The zero-order valence-corrected chi connectivity index (χ0v) is 11.9. The highest BCUT2D eigenvalue weighted by atomic mass is 35.5. The Bertz CT molecular complexity index is 417. The Morgan fingerprint density at radius 1 is 1.45 bits per heavy atom. The molecular formula is C10H17ClF2N4O3. The van der Waals surface area contributed by atoms with Crippen molar-refractivity contribution in [3.63, 3.8) is 0 Å². The van der Waals surface area contributed by atoms with Crippen molar-refractivity contribution >= 4 is 30.3 Å². The van der Waals surface area contributed by atoms with Gasteiger partial charge in [-0.05, 0) is 13.8 Å². The Morgan fingerprint density at radius 3 is 2.40 bits per heavy atom. The number of nitrogens with two attached hydrogens (primary N) is 1. The fraction of sp³-hybridized carbons (Fsp3) is 0.700. The molecule has 4 amide bonds. The average molecular weight is 315 g/mol. The lowest BCUT2D eigenvalue weighted by Gasteiger charge is -2.27. The summed E-state index contributed by atoms with van der Waals surface area (Å²) in [6.07, 6.45) is 0. The fourth-order valence-corrected chi connectivity index (χ4v) is 1.46. The molecule has 4 N–H and O–H groups in total. The minimum atomic E-state index is -3.20. The van der Waals surface area contributed by atoms with Gasteiger partial charge in [-0.1, -0.05) is 0 Å². The molecule has 0 atom stereocenters. The predicted molar refractivity (Wildman–Crippen MR) is 68.6 cm³/mol. The van der Waals surface area contributed by atoms with Crippen molar-refractivity contribution in [3.05, 3.63) is 0 Å². The van der Waals surface area contributed by atoms with Gasteiger partial charge in [0.05, 0.1) is 13.1 Å². The summed E-state index contributed by atoms with van der Waals surface area (Å²) in [6.45, 7) is 0.628. The molecule has 0 radical (unpaired) electrons. The number of alkyl halides is 2. The quantitative estimate of drug-likeness (QED) is 0.592. The third kappa shape index (κ3) is 4.01. The average Bonchev–Trinajstić information content (AvgIpc) is 2.50. The lowest BCUT2D eigenvalue weighted by molar-refractivity contribution is -0.127. The van der Waals surface area contributed by atoms with Crippen molar-refractivity contribution in [3.8, 4) is 0 Å². The Kier molecular flexibility index (Phi) is 5.85. The molecule has 0 aliphatic carbocycles. The predicted octanol–water partition coefficient (Wildman–Crippen LogP) is -0.551. The highest BCUT2D eigenvalue weighted by Gasteiger charge is 2.46. The molecule has 1 heterocycles. The van der Waals surface area contributed by atoms with Gasteiger partial charge in [0.1, 0.15) is 12.1 Å². The van der Waals surface area contributed by atoms with E-state index in [1.165, 1.54) is 13.8 Å². The molecule has 1 saturated heterocycles. The minimum Gasteiger partial charge on any atom is -0.348 e. The van der Waals surface area contributed by atoms with E-state index in [0.29, 0.717) is 0 Å². The van der Waals surface area contributed by atoms with E-state index in [1.807, 2.05) is 10.6 Å². The van der Waals surface area contributed by atoms with Crippen molar-refractivity contribution in [2.24, 2.45) is 5.73 Å². The number of nitrogens with one attached hydrogen (secondary N) is 2. The normalized spacial score (nSPS) is 17.6. The van der Waals surface area contributed by atoms with Crippen LogP contribution in [0.25, 0.3) is 0 Å². The van der Waals surface area contributed by atoms with E-state index < -0.39 is 48.9 Å². The SMILES string of the molecule is CC1(C)C(=O)NC(=O)N1CC(=O)NCC(F)(F)CN.Cl. The molecule has 1 aliphatic rings. The number of hydrogen-bond donors (Lipinski definition) is 3. The maximum atomic E-state index is 12.8. The number of urea groups is 1. The topological polar surface area (TPSA) is 105 Å². The summed E-state index contributed by atoms with van der Waals surface area (Å²) in [4.78, 5) is 35.3. The second kappa shape index (κ2) is 6.31. The number of nitrogens with zero attached hydrogens (tertiary/aromatic N) is 1. The summed E-state index contributed by atoms with van der Waals surface area (Å²) >= 11 is 0. The number of carbonyl (C=O) groups excluding carboxylic acids is 3. The molecule has 10 heteroatoms. The van der Waals surface area contributed by atoms with Gasteiger partial charge in [0.2, 0.25) is 5.91 Å². The van der Waals surface area contributed by atoms with Gasteiger partial charge in [-0.15, -0.1) is 12.4 Å². The summed E-state index contributed by atoms with van der Waals surface area (Å²) in [5.41, 5.74) is 3.63. The van der Waals surface area contributed by atoms with Crippen LogP contribution in [0.3, 0.4) is 0 Å². The van der Waals surface area contributed by atoms with Crippen LogP contribution in [0.2, 0.25) is 0 Å². The van der Waals surface area contributed by atoms with Gasteiger partial charge in [0.25, 0.3) is 11.8 Å². The first-order valence-corrected chi connectivity index (χ1v) is 5.58. The molecule has 0 spiro atoms. The number of hydrogen-bond acceptors (Lipinski definition) is 4. The van der Waals surface area contributed by atoms with Gasteiger partial charge < -0.3 is 16.0 Å². The molecule has 0 bridgehead atoms. The van der Waals surface area contributed by atoms with E-state index in [9.17, 15) is 23.2 Å². The molecule has 20 heavy (non-hydrogen) atoms. The zero-order chi connectivity index (χ0) is 14.8. The highest BCUT2D eigenvalue weighted by molar-refractivity contribution is 6.07. The van der Waals surface area contributed by atoms with Crippen LogP contribution < -0.4 is 16.4 Å². The van der Waals surface area contributed by atoms with E-state index in [0.717, 1.165) is 4.90 Å². The van der Waals surface area contributed by atoms with Crippen LogP contribution in [0.1, 0.15) is 13.8 Å². The standard InChI is InChI=1S/C10H16F2N4O3.ClH/c1-9(2)7(18)15-8(19)16(9)3-6(17)14-5-10(11,12)4-13;/h3-5,13H2,1-2H3,(H,14,17)(H,15,18,19);1H. The number of rotatable bonds is 5. The fourth-order valence-electron chi connectivity index (χ4n) is 1.46. The van der Waals surface area contributed by atoms with Crippen LogP contribution in [-0.2, 0) is 9.59 Å². The number of carbonyl (C=O) groups is 3. The van der Waals surface area contributed by atoms with Crippen LogP contribution in [0.4, 0.5) is 13.6 Å². The third-order valence-corrected chi connectivity index (χ3v) is 2.84. The smallest absolute Gasteiger partial charge is 0.325 e. The molecular weight excluding hydrogens is 298 g/mol. The van der Waals surface area contributed by atoms with Crippen molar-refractivity contribution in [2.75, 3.05) is 19.6 Å². The molecule has 0 unspecified atom stereocenters. The number of amides is 4. The second-order valence-electron chi connectivity index (χ2n) is 4.74. The van der Waals surface area contributed by atoms with E-state index >= 15 is 0 Å². The molecule has 1 fully saturated rings. The summed E-state index contributed by atoms with van der Waals surface area (Å²) in [5.74, 6) is -4.53. The Hall–Kier alpha value is -1.48. The van der Waals surface area contributed by atoms with Gasteiger partial charge in [0, 0.05) is 0 Å². The molecule has 0 aromatic heterocycles. The lowest BCUT2D eigenvalue weighted by Crippen LogP contribution is -2.50. The molecule has 0 saturated carbocycles. The van der Waals surface area contributed by atoms with Crippen molar-refractivity contribution in [1.82, 2.24) is 15.5 Å². The Morgan fingerprint density at radius 2 is 2.00 bits per heavy atom. The molecule has 116 valence electrons. The minimum absolute atomic E-state index is 0. The maximum Gasteiger partial charge on any atom is 0.325 e. The van der Waals surface area contributed by atoms with Crippen LogP contribution in [0.5, 0.6) is 0 Å². The molecule has 0 aromatic carbocycles. The molecule has 1 rings (SSSR count). The van der Waals surface area contributed by atoms with Gasteiger partial charge in [-0.3, -0.25) is 14.9 Å². The molecule has 0 aromatic rings. The lowest BCUT2D eigenvalue weighted by atomic mass is 10.0. The van der Waals surface area contributed by atoms with Gasteiger partial charge in [-0.25, -0.2) is 13.6 Å². The molecule has 1 aliphatic heterocycles. The van der Waals surface area contributed by atoms with E-state index in [2.05, 4.69) is 0 Å². The van der Waals surface area contributed by atoms with E-state index in [1.54, 1.807) is 0 Å². The monoisotopic (exact) mass is 314 g/mol. The first kappa shape index (κ1) is 18.5. The summed E-state index contributed by atoms with van der Waals surface area (Å²) < 4.78 is 25.7. The highest BCUT2D eigenvalue weighted by Crippen LogP contribution is 2.20. The number of imide groups is 1. The number of halogens is 3. The largest absolute Gasteiger partial charge is 0.348 e. The van der Waals surface area contributed by atoms with Crippen LogP contribution in [0, 0.1) is 0 Å². The first-order valence-electron chi connectivity index (χ1n) is 5.58. The van der Waals surface area contributed by atoms with Crippen molar-refractivity contribution < 1.29 is 23.2 Å².